The van der Waals surface area contributed by atoms with Crippen molar-refractivity contribution in [1.29, 1.82) is 0 Å². The van der Waals surface area contributed by atoms with E-state index in [1.165, 1.54) is 0 Å². The minimum absolute atomic E-state index is 0.349. The number of hydrogen-bond acceptors (Lipinski definition) is 1. The summed E-state index contributed by atoms with van der Waals surface area (Å²) in [6, 6.07) is 6.93. The van der Waals surface area contributed by atoms with Crippen LogP contribution in [-0.2, 0) is 6.42 Å². The van der Waals surface area contributed by atoms with Gasteiger partial charge in [-0.15, -0.1) is 0 Å². The Bertz CT molecular complexity index is 250. The van der Waals surface area contributed by atoms with Gasteiger partial charge in [-0.3, -0.25) is 0 Å². The number of aromatic carboxylic acids is 1. The van der Waals surface area contributed by atoms with E-state index in [4.69, 9.17) is 5.11 Å². The zero-order valence-corrected chi connectivity index (χ0v) is 10.4. The Balaban J connectivity index is 0. The Morgan fingerprint density at radius 3 is 1.73 bits per heavy atom. The monoisotopic (exact) mass is 210 g/mol. The van der Waals surface area contributed by atoms with E-state index in [0.717, 1.165) is 12.0 Å². The molecule has 2 heteroatoms. The number of carboxylic acid groups (broad SMARTS) is 1. The lowest BCUT2D eigenvalue weighted by molar-refractivity contribution is 0.0697. The smallest absolute Gasteiger partial charge is 0.335 e. The zero-order chi connectivity index (χ0) is 12.3. The molecule has 1 N–H and O–H groups in total. The van der Waals surface area contributed by atoms with Gasteiger partial charge in [0.2, 0.25) is 0 Å². The maximum atomic E-state index is 10.4. The summed E-state index contributed by atoms with van der Waals surface area (Å²) in [4.78, 5) is 10.4. The maximum absolute atomic E-state index is 10.4. The van der Waals surface area contributed by atoms with Crippen molar-refractivity contribution in [3.8, 4) is 0 Å². The summed E-state index contributed by atoms with van der Waals surface area (Å²) in [6.45, 7) is 10.0. The molecule has 1 aromatic rings. The molecular weight excluding hydrogens is 188 g/mol. The Morgan fingerprint density at radius 2 is 1.47 bits per heavy atom. The van der Waals surface area contributed by atoms with Crippen LogP contribution in [0.1, 0.15) is 50.5 Å². The highest BCUT2D eigenvalue weighted by molar-refractivity contribution is 5.87. The summed E-state index contributed by atoms with van der Waals surface area (Å²) < 4.78 is 0. The number of rotatable bonds is 2. The third-order valence-corrected chi connectivity index (χ3v) is 1.61. The van der Waals surface area contributed by atoms with Crippen molar-refractivity contribution in [2.24, 2.45) is 0 Å². The quantitative estimate of drug-likeness (QED) is 0.801. The van der Waals surface area contributed by atoms with Gasteiger partial charge in [-0.2, -0.15) is 0 Å². The largest absolute Gasteiger partial charge is 0.478 e. The summed E-state index contributed by atoms with van der Waals surface area (Å²) in [6.07, 6.45) is 0.944. The van der Waals surface area contributed by atoms with E-state index in [9.17, 15) is 4.79 Å². The van der Waals surface area contributed by atoms with Gasteiger partial charge in [-0.25, -0.2) is 4.79 Å². The van der Waals surface area contributed by atoms with Gasteiger partial charge in [0.25, 0.3) is 0 Å². The molecule has 0 spiro atoms. The first-order valence-corrected chi connectivity index (χ1v) is 5.56. The number of benzene rings is 1. The van der Waals surface area contributed by atoms with Crippen LogP contribution in [0.3, 0.4) is 0 Å². The SMILES string of the molecule is CC.CC.CCc1ccc(C(=O)O)cc1. The number of hydrogen-bond donors (Lipinski definition) is 1. The first-order chi connectivity index (χ1) is 7.24. The molecule has 1 aromatic carbocycles. The molecule has 0 amide bonds. The van der Waals surface area contributed by atoms with Gasteiger partial charge < -0.3 is 5.11 Å². The molecule has 0 atom stereocenters. The van der Waals surface area contributed by atoms with Crippen LogP contribution in [0.2, 0.25) is 0 Å². The van der Waals surface area contributed by atoms with Crippen LogP contribution in [0.15, 0.2) is 24.3 Å². The molecule has 0 aliphatic carbocycles. The van der Waals surface area contributed by atoms with Crippen LogP contribution in [0.4, 0.5) is 0 Å². The predicted molar refractivity (Wildman–Crippen MR) is 65.5 cm³/mol. The number of carbonyl (C=O) groups is 1. The highest BCUT2D eigenvalue weighted by Crippen LogP contribution is 2.04. The fourth-order valence-electron chi connectivity index (χ4n) is 0.883. The van der Waals surface area contributed by atoms with E-state index in [2.05, 4.69) is 0 Å². The minimum Gasteiger partial charge on any atom is -0.478 e. The first-order valence-electron chi connectivity index (χ1n) is 5.56. The summed E-state index contributed by atoms with van der Waals surface area (Å²) >= 11 is 0. The number of aryl methyl sites for hydroxylation is 1. The standard InChI is InChI=1S/C9H10O2.2C2H6/c1-2-7-3-5-8(6-4-7)9(10)11;2*1-2/h3-6H,2H2,1H3,(H,10,11);2*1-2H3. The summed E-state index contributed by atoms with van der Waals surface area (Å²) in [5, 5.41) is 8.55. The topological polar surface area (TPSA) is 37.3 Å². The Morgan fingerprint density at radius 1 is 1.07 bits per heavy atom. The van der Waals surface area contributed by atoms with Crippen molar-refractivity contribution in [3.05, 3.63) is 35.4 Å². The molecule has 0 radical (unpaired) electrons. The van der Waals surface area contributed by atoms with Crippen molar-refractivity contribution in [2.45, 2.75) is 41.0 Å². The average Bonchev–Trinajstić information content (AvgIpc) is 2.34. The van der Waals surface area contributed by atoms with Crippen LogP contribution in [0.5, 0.6) is 0 Å². The summed E-state index contributed by atoms with van der Waals surface area (Å²) in [5.41, 5.74) is 1.51. The Labute approximate surface area is 93.0 Å². The summed E-state index contributed by atoms with van der Waals surface area (Å²) in [7, 11) is 0. The van der Waals surface area contributed by atoms with E-state index in [-0.39, 0.29) is 0 Å². The zero-order valence-electron chi connectivity index (χ0n) is 10.4. The van der Waals surface area contributed by atoms with Gasteiger partial charge >= 0.3 is 5.97 Å². The minimum atomic E-state index is -0.868. The fraction of sp³-hybridized carbons (Fsp3) is 0.462. The van der Waals surface area contributed by atoms with E-state index >= 15 is 0 Å². The third kappa shape index (κ3) is 6.72. The molecule has 0 aliphatic rings. The van der Waals surface area contributed by atoms with E-state index in [1.54, 1.807) is 12.1 Å². The number of carboxylic acids is 1. The molecule has 0 bridgehead atoms. The molecular formula is C13H22O2. The van der Waals surface area contributed by atoms with Gasteiger partial charge in [0.05, 0.1) is 5.56 Å². The Kier molecular flexibility index (Phi) is 11.6. The van der Waals surface area contributed by atoms with Crippen LogP contribution >= 0.6 is 0 Å². The Hall–Kier alpha value is -1.31. The lowest BCUT2D eigenvalue weighted by Crippen LogP contribution is -1.95. The van der Waals surface area contributed by atoms with Crippen LogP contribution in [-0.4, -0.2) is 11.1 Å². The van der Waals surface area contributed by atoms with Gasteiger partial charge in [0.1, 0.15) is 0 Å². The van der Waals surface area contributed by atoms with Gasteiger partial charge in [-0.1, -0.05) is 46.8 Å². The average molecular weight is 210 g/mol. The molecule has 0 unspecified atom stereocenters. The van der Waals surface area contributed by atoms with Crippen molar-refractivity contribution in [3.63, 3.8) is 0 Å². The maximum Gasteiger partial charge on any atom is 0.335 e. The molecule has 86 valence electrons. The normalized spacial score (nSPS) is 7.80. The second-order valence-electron chi connectivity index (χ2n) is 2.36. The molecule has 0 aromatic heterocycles. The molecule has 0 aliphatic heterocycles. The van der Waals surface area contributed by atoms with Crippen LogP contribution in [0.25, 0.3) is 0 Å². The van der Waals surface area contributed by atoms with Crippen molar-refractivity contribution in [2.75, 3.05) is 0 Å². The molecule has 15 heavy (non-hydrogen) atoms. The second kappa shape index (κ2) is 10.8. The molecule has 0 fully saturated rings. The van der Waals surface area contributed by atoms with Crippen LogP contribution in [0, 0.1) is 0 Å². The van der Waals surface area contributed by atoms with Gasteiger partial charge in [-0.05, 0) is 24.1 Å². The van der Waals surface area contributed by atoms with E-state index < -0.39 is 5.97 Å². The fourth-order valence-corrected chi connectivity index (χ4v) is 0.883. The lowest BCUT2D eigenvalue weighted by Gasteiger charge is -1.96. The van der Waals surface area contributed by atoms with Crippen molar-refractivity contribution >= 4 is 5.97 Å². The lowest BCUT2D eigenvalue weighted by atomic mass is 10.1. The van der Waals surface area contributed by atoms with Crippen molar-refractivity contribution < 1.29 is 9.90 Å². The first kappa shape index (κ1) is 16.1. The summed E-state index contributed by atoms with van der Waals surface area (Å²) in [5.74, 6) is -0.868. The third-order valence-electron chi connectivity index (χ3n) is 1.61. The molecule has 0 saturated heterocycles. The van der Waals surface area contributed by atoms with Gasteiger partial charge in [0, 0.05) is 0 Å². The van der Waals surface area contributed by atoms with Gasteiger partial charge in [0.15, 0.2) is 0 Å². The molecule has 0 heterocycles. The molecule has 0 saturated carbocycles. The highest BCUT2D eigenvalue weighted by atomic mass is 16.4. The van der Waals surface area contributed by atoms with E-state index in [1.807, 2.05) is 46.8 Å². The van der Waals surface area contributed by atoms with E-state index in [0.29, 0.717) is 5.56 Å². The predicted octanol–water partition coefficient (Wildman–Crippen LogP) is 4.00. The van der Waals surface area contributed by atoms with Crippen molar-refractivity contribution in [1.82, 2.24) is 0 Å². The highest BCUT2D eigenvalue weighted by Gasteiger charge is 1.99. The van der Waals surface area contributed by atoms with Crippen LogP contribution < -0.4 is 0 Å². The molecule has 2 nitrogen and oxygen atoms in total. The second-order valence-corrected chi connectivity index (χ2v) is 2.36. The molecule has 1 rings (SSSR count).